The van der Waals surface area contributed by atoms with Crippen molar-refractivity contribution in [2.24, 2.45) is 5.92 Å². The van der Waals surface area contributed by atoms with Crippen LogP contribution in [0.1, 0.15) is 38.3 Å². The lowest BCUT2D eigenvalue weighted by atomic mass is 10.0. The number of nitrogens with zero attached hydrogens (tertiary/aromatic N) is 2. The van der Waals surface area contributed by atoms with Crippen LogP contribution in [0.3, 0.4) is 0 Å². The second kappa shape index (κ2) is 6.10. The summed E-state index contributed by atoms with van der Waals surface area (Å²) < 4.78 is 1.86. The van der Waals surface area contributed by atoms with E-state index in [0.717, 1.165) is 37.9 Å². The van der Waals surface area contributed by atoms with Crippen LogP contribution in [0.5, 0.6) is 0 Å². The molecule has 2 rings (SSSR count). The molecule has 0 saturated carbocycles. The lowest BCUT2D eigenvalue weighted by molar-refractivity contribution is 0.209. The minimum absolute atomic E-state index is 0.137. The lowest BCUT2D eigenvalue weighted by Crippen LogP contribution is -2.38. The SMILES string of the molecule is CC(C)Cc1cc(Cl)cn([C@H]2CCCN(C)C2)c1=O. The minimum atomic E-state index is 0.137. The van der Waals surface area contributed by atoms with E-state index in [2.05, 4.69) is 25.8 Å². The summed E-state index contributed by atoms with van der Waals surface area (Å²) in [7, 11) is 2.11. The third kappa shape index (κ3) is 3.61. The second-order valence-electron chi connectivity index (χ2n) is 6.05. The first kappa shape index (κ1) is 14.6. The lowest BCUT2D eigenvalue weighted by Gasteiger charge is -2.31. The van der Waals surface area contributed by atoms with Gasteiger partial charge in [-0.2, -0.15) is 0 Å². The number of pyridine rings is 1. The molecule has 1 aliphatic rings. The zero-order valence-electron chi connectivity index (χ0n) is 12.0. The average molecular weight is 283 g/mol. The molecule has 0 bridgehead atoms. The molecule has 106 valence electrons. The summed E-state index contributed by atoms with van der Waals surface area (Å²) in [5, 5.41) is 0.670. The van der Waals surface area contributed by atoms with Crippen LogP contribution >= 0.6 is 11.6 Å². The molecule has 0 amide bonds. The molecule has 1 aromatic heterocycles. The van der Waals surface area contributed by atoms with Crippen molar-refractivity contribution in [2.75, 3.05) is 20.1 Å². The molecule has 1 aliphatic heterocycles. The van der Waals surface area contributed by atoms with Gasteiger partial charge in [0.05, 0.1) is 5.02 Å². The Morgan fingerprint density at radius 3 is 2.84 bits per heavy atom. The van der Waals surface area contributed by atoms with Crippen LogP contribution in [-0.4, -0.2) is 29.6 Å². The van der Waals surface area contributed by atoms with Crippen LogP contribution < -0.4 is 5.56 Å². The van der Waals surface area contributed by atoms with E-state index in [1.165, 1.54) is 0 Å². The number of hydrogen-bond acceptors (Lipinski definition) is 2. The average Bonchev–Trinajstić information content (AvgIpc) is 2.32. The smallest absolute Gasteiger partial charge is 0.254 e. The van der Waals surface area contributed by atoms with Gasteiger partial charge in [-0.25, -0.2) is 0 Å². The highest BCUT2D eigenvalue weighted by Gasteiger charge is 2.21. The van der Waals surface area contributed by atoms with Crippen molar-refractivity contribution in [3.8, 4) is 0 Å². The molecule has 2 heterocycles. The fraction of sp³-hybridized carbons (Fsp3) is 0.667. The summed E-state index contributed by atoms with van der Waals surface area (Å²) in [5.41, 5.74) is 0.981. The third-order valence-corrected chi connectivity index (χ3v) is 3.91. The molecule has 1 fully saturated rings. The maximum atomic E-state index is 12.5. The Labute approximate surface area is 120 Å². The Hall–Kier alpha value is -0.800. The van der Waals surface area contributed by atoms with E-state index in [-0.39, 0.29) is 11.6 Å². The second-order valence-corrected chi connectivity index (χ2v) is 6.49. The molecule has 3 nitrogen and oxygen atoms in total. The van der Waals surface area contributed by atoms with E-state index in [9.17, 15) is 4.79 Å². The zero-order chi connectivity index (χ0) is 14.0. The van der Waals surface area contributed by atoms with Gasteiger partial charge in [-0.15, -0.1) is 0 Å². The van der Waals surface area contributed by atoms with Crippen LogP contribution in [0.25, 0.3) is 0 Å². The monoisotopic (exact) mass is 282 g/mol. The van der Waals surface area contributed by atoms with Gasteiger partial charge in [-0.1, -0.05) is 25.4 Å². The van der Waals surface area contributed by atoms with E-state index in [4.69, 9.17) is 11.6 Å². The first-order valence-corrected chi connectivity index (χ1v) is 7.44. The molecule has 0 unspecified atom stereocenters. The molecule has 19 heavy (non-hydrogen) atoms. The molecule has 0 spiro atoms. The van der Waals surface area contributed by atoms with Crippen LogP contribution in [-0.2, 0) is 6.42 Å². The molecule has 1 saturated heterocycles. The Morgan fingerprint density at radius 1 is 1.47 bits per heavy atom. The van der Waals surface area contributed by atoms with Crippen molar-refractivity contribution in [1.29, 1.82) is 0 Å². The van der Waals surface area contributed by atoms with E-state index in [1.54, 1.807) is 6.20 Å². The van der Waals surface area contributed by atoms with Gasteiger partial charge in [0.1, 0.15) is 0 Å². The Kier molecular flexibility index (Phi) is 4.69. The largest absolute Gasteiger partial charge is 0.309 e. The highest BCUT2D eigenvalue weighted by Crippen LogP contribution is 2.21. The maximum absolute atomic E-state index is 12.5. The maximum Gasteiger partial charge on any atom is 0.254 e. The predicted octanol–water partition coefficient (Wildman–Crippen LogP) is 2.97. The van der Waals surface area contributed by atoms with E-state index >= 15 is 0 Å². The van der Waals surface area contributed by atoms with Crippen molar-refractivity contribution in [2.45, 2.75) is 39.2 Å². The molecule has 1 atom stereocenters. The number of piperidine rings is 1. The Balaban J connectivity index is 2.34. The Bertz CT molecular complexity index is 495. The van der Waals surface area contributed by atoms with Gasteiger partial charge in [-0.3, -0.25) is 4.79 Å². The fourth-order valence-corrected chi connectivity index (χ4v) is 3.08. The topological polar surface area (TPSA) is 25.2 Å². The number of hydrogen-bond donors (Lipinski definition) is 0. The first-order valence-electron chi connectivity index (χ1n) is 7.06. The van der Waals surface area contributed by atoms with Crippen molar-refractivity contribution >= 4 is 11.6 Å². The van der Waals surface area contributed by atoms with E-state index in [0.29, 0.717) is 10.9 Å². The molecule has 0 aliphatic carbocycles. The Morgan fingerprint density at radius 2 is 2.21 bits per heavy atom. The normalized spacial score (nSPS) is 21.0. The number of likely N-dealkylation sites (tertiary alicyclic amines) is 1. The van der Waals surface area contributed by atoms with Gasteiger partial charge in [-0.05, 0) is 44.8 Å². The van der Waals surface area contributed by atoms with Crippen molar-refractivity contribution < 1.29 is 0 Å². The van der Waals surface area contributed by atoms with Gasteiger partial charge in [0.15, 0.2) is 0 Å². The number of halogens is 1. The molecular formula is C15H23ClN2O. The van der Waals surface area contributed by atoms with Crippen molar-refractivity contribution in [1.82, 2.24) is 9.47 Å². The third-order valence-electron chi connectivity index (χ3n) is 3.70. The quantitative estimate of drug-likeness (QED) is 0.852. The molecule has 0 aromatic carbocycles. The van der Waals surface area contributed by atoms with Crippen LogP contribution in [0, 0.1) is 5.92 Å². The summed E-state index contributed by atoms with van der Waals surface area (Å²) in [5.74, 6) is 0.466. The molecule has 0 N–H and O–H groups in total. The minimum Gasteiger partial charge on any atom is -0.309 e. The highest BCUT2D eigenvalue weighted by molar-refractivity contribution is 6.30. The summed E-state index contributed by atoms with van der Waals surface area (Å²) in [4.78, 5) is 14.8. The molecule has 4 heteroatoms. The molecule has 0 radical (unpaired) electrons. The summed E-state index contributed by atoms with van der Waals surface area (Å²) >= 11 is 6.19. The summed E-state index contributed by atoms with van der Waals surface area (Å²) in [6.45, 7) is 6.30. The standard InChI is InChI=1S/C15H23ClN2O/c1-11(2)7-12-8-13(16)9-18(15(12)19)14-5-4-6-17(3)10-14/h8-9,11,14H,4-7,10H2,1-3H3/t14-/m0/s1. The van der Waals surface area contributed by atoms with E-state index < -0.39 is 0 Å². The van der Waals surface area contributed by atoms with E-state index in [1.807, 2.05) is 10.6 Å². The van der Waals surface area contributed by atoms with Crippen molar-refractivity contribution in [3.05, 3.63) is 33.2 Å². The van der Waals surface area contributed by atoms with Gasteiger partial charge in [0.25, 0.3) is 5.56 Å². The number of rotatable bonds is 3. The van der Waals surface area contributed by atoms with Gasteiger partial charge >= 0.3 is 0 Å². The fourth-order valence-electron chi connectivity index (χ4n) is 2.85. The van der Waals surface area contributed by atoms with Crippen LogP contribution in [0.2, 0.25) is 5.02 Å². The highest BCUT2D eigenvalue weighted by atomic mass is 35.5. The summed E-state index contributed by atoms with van der Waals surface area (Å²) in [6.07, 6.45) is 4.80. The van der Waals surface area contributed by atoms with Crippen molar-refractivity contribution in [3.63, 3.8) is 0 Å². The van der Waals surface area contributed by atoms with Gasteiger partial charge in [0.2, 0.25) is 0 Å². The zero-order valence-corrected chi connectivity index (χ0v) is 12.8. The number of likely N-dealkylation sites (N-methyl/N-ethyl adjacent to an activating group) is 1. The van der Waals surface area contributed by atoms with Gasteiger partial charge < -0.3 is 9.47 Å². The molecule has 1 aromatic rings. The van der Waals surface area contributed by atoms with Gasteiger partial charge in [0, 0.05) is 24.3 Å². The van der Waals surface area contributed by atoms with Crippen LogP contribution in [0.15, 0.2) is 17.1 Å². The predicted molar refractivity (Wildman–Crippen MR) is 80.0 cm³/mol. The first-order chi connectivity index (χ1) is 8.97. The number of aromatic nitrogens is 1. The summed E-state index contributed by atoms with van der Waals surface area (Å²) in [6, 6.07) is 2.09. The molecular weight excluding hydrogens is 260 g/mol. The van der Waals surface area contributed by atoms with Crippen LogP contribution in [0.4, 0.5) is 0 Å².